The highest BCUT2D eigenvalue weighted by molar-refractivity contribution is 6.05. The summed E-state index contributed by atoms with van der Waals surface area (Å²) in [5.74, 6) is -1.23. The van der Waals surface area contributed by atoms with Gasteiger partial charge in [-0.3, -0.25) is 9.59 Å². The molecule has 94 valence electrons. The Kier molecular flexibility index (Phi) is 3.96. The second-order valence-corrected chi connectivity index (χ2v) is 6.95. The van der Waals surface area contributed by atoms with Crippen molar-refractivity contribution in [2.75, 3.05) is 0 Å². The molecule has 1 atom stereocenters. The maximum absolute atomic E-state index is 12.2. The Morgan fingerprint density at radius 2 is 1.31 bits per heavy atom. The topological polar surface area (TPSA) is 54.4 Å². The van der Waals surface area contributed by atoms with Crippen LogP contribution in [0.25, 0.3) is 0 Å². The van der Waals surface area contributed by atoms with E-state index in [2.05, 4.69) is 0 Å². The molecule has 0 saturated carbocycles. The van der Waals surface area contributed by atoms with E-state index in [1.165, 1.54) is 6.92 Å². The molecule has 0 aliphatic rings. The molecule has 3 nitrogen and oxygen atoms in total. The SMILES string of the molecule is CC(C)(C)CC(C)(C(=O)O)C(=O)C(C)(C)C. The summed E-state index contributed by atoms with van der Waals surface area (Å²) in [7, 11) is 0. The minimum atomic E-state index is -1.30. The molecule has 0 saturated heterocycles. The molecule has 0 bridgehead atoms. The molecule has 0 aromatic carbocycles. The summed E-state index contributed by atoms with van der Waals surface area (Å²) in [6.07, 6.45) is 0.353. The number of hydrogen-bond acceptors (Lipinski definition) is 2. The molecule has 1 unspecified atom stereocenters. The first-order valence-electron chi connectivity index (χ1n) is 5.59. The van der Waals surface area contributed by atoms with Gasteiger partial charge in [0.05, 0.1) is 0 Å². The fourth-order valence-corrected chi connectivity index (χ4v) is 2.14. The molecule has 0 rings (SSSR count). The summed E-state index contributed by atoms with van der Waals surface area (Å²) in [4.78, 5) is 23.6. The summed E-state index contributed by atoms with van der Waals surface area (Å²) in [6.45, 7) is 12.7. The van der Waals surface area contributed by atoms with Crippen molar-refractivity contribution in [1.82, 2.24) is 0 Å². The minimum absolute atomic E-state index is 0.186. The van der Waals surface area contributed by atoms with Crippen molar-refractivity contribution in [3.8, 4) is 0 Å². The second kappa shape index (κ2) is 4.19. The highest BCUT2D eigenvalue weighted by Gasteiger charge is 2.47. The van der Waals surface area contributed by atoms with Gasteiger partial charge in [0.25, 0.3) is 0 Å². The zero-order chi connectivity index (χ0) is 13.4. The van der Waals surface area contributed by atoms with Crippen molar-refractivity contribution in [3.05, 3.63) is 0 Å². The van der Waals surface area contributed by atoms with Crippen LogP contribution >= 0.6 is 0 Å². The summed E-state index contributed by atoms with van der Waals surface area (Å²) in [5, 5.41) is 9.31. The van der Waals surface area contributed by atoms with Gasteiger partial charge in [0.1, 0.15) is 5.41 Å². The molecule has 0 aromatic rings. The molecule has 1 N–H and O–H groups in total. The van der Waals surface area contributed by atoms with Gasteiger partial charge in [-0.2, -0.15) is 0 Å². The van der Waals surface area contributed by atoms with E-state index in [0.29, 0.717) is 6.42 Å². The Bertz CT molecular complexity index is 291. The molecule has 0 amide bonds. The maximum atomic E-state index is 12.2. The van der Waals surface area contributed by atoms with Crippen LogP contribution in [0.2, 0.25) is 0 Å². The molecule has 16 heavy (non-hydrogen) atoms. The van der Waals surface area contributed by atoms with Gasteiger partial charge in [-0.15, -0.1) is 0 Å². The Balaban J connectivity index is 5.30. The number of rotatable bonds is 3. The Hall–Kier alpha value is -0.860. The van der Waals surface area contributed by atoms with Gasteiger partial charge in [-0.1, -0.05) is 41.5 Å². The van der Waals surface area contributed by atoms with Crippen molar-refractivity contribution in [2.45, 2.75) is 54.9 Å². The van der Waals surface area contributed by atoms with E-state index in [-0.39, 0.29) is 11.2 Å². The predicted octanol–water partition coefficient (Wildman–Crippen LogP) is 3.13. The van der Waals surface area contributed by atoms with Crippen molar-refractivity contribution < 1.29 is 14.7 Å². The van der Waals surface area contributed by atoms with E-state index in [1.54, 1.807) is 20.8 Å². The average Bonchev–Trinajstić information content (AvgIpc) is 1.97. The molecular formula is C13H24O3. The molecule has 0 aliphatic heterocycles. The third kappa shape index (κ3) is 3.62. The first-order chi connectivity index (χ1) is 6.81. The summed E-state index contributed by atoms with van der Waals surface area (Å²) < 4.78 is 0. The Labute approximate surface area is 98.2 Å². The van der Waals surface area contributed by atoms with Gasteiger partial charge < -0.3 is 5.11 Å². The van der Waals surface area contributed by atoms with Gasteiger partial charge in [0, 0.05) is 5.41 Å². The lowest BCUT2D eigenvalue weighted by Gasteiger charge is -2.35. The van der Waals surface area contributed by atoms with Crippen LogP contribution in [0, 0.1) is 16.2 Å². The van der Waals surface area contributed by atoms with E-state index >= 15 is 0 Å². The lowest BCUT2D eigenvalue weighted by molar-refractivity contribution is -0.159. The van der Waals surface area contributed by atoms with E-state index in [4.69, 9.17) is 0 Å². The van der Waals surface area contributed by atoms with Crippen LogP contribution in [0.15, 0.2) is 0 Å². The lowest BCUT2D eigenvalue weighted by atomic mass is 9.66. The van der Waals surface area contributed by atoms with Crippen LogP contribution in [0.4, 0.5) is 0 Å². The zero-order valence-corrected chi connectivity index (χ0v) is 11.5. The van der Waals surface area contributed by atoms with Crippen molar-refractivity contribution in [3.63, 3.8) is 0 Å². The molecule has 3 heteroatoms. The number of aliphatic carboxylic acids is 1. The predicted molar refractivity (Wildman–Crippen MR) is 64.3 cm³/mol. The number of hydrogen-bond donors (Lipinski definition) is 1. The normalized spacial score (nSPS) is 16.7. The van der Waals surface area contributed by atoms with Gasteiger partial charge in [0.15, 0.2) is 5.78 Å². The average molecular weight is 228 g/mol. The highest BCUT2D eigenvalue weighted by Crippen LogP contribution is 2.39. The van der Waals surface area contributed by atoms with Crippen LogP contribution in [-0.2, 0) is 9.59 Å². The molecule has 0 aliphatic carbocycles. The largest absolute Gasteiger partial charge is 0.481 e. The number of carboxylic acids is 1. The summed E-state index contributed by atoms with van der Waals surface area (Å²) >= 11 is 0. The molecule has 0 spiro atoms. The van der Waals surface area contributed by atoms with Gasteiger partial charge in [0.2, 0.25) is 0 Å². The second-order valence-electron chi connectivity index (χ2n) is 6.95. The first-order valence-corrected chi connectivity index (χ1v) is 5.59. The van der Waals surface area contributed by atoms with Crippen molar-refractivity contribution in [2.24, 2.45) is 16.2 Å². The van der Waals surface area contributed by atoms with E-state index in [0.717, 1.165) is 0 Å². The van der Waals surface area contributed by atoms with Crippen LogP contribution in [0.1, 0.15) is 54.9 Å². The smallest absolute Gasteiger partial charge is 0.316 e. The monoisotopic (exact) mass is 228 g/mol. The van der Waals surface area contributed by atoms with E-state index in [1.807, 2.05) is 20.8 Å². The number of ketones is 1. The molecule has 0 aromatic heterocycles. The maximum Gasteiger partial charge on any atom is 0.316 e. The van der Waals surface area contributed by atoms with Crippen molar-refractivity contribution in [1.29, 1.82) is 0 Å². The fraction of sp³-hybridized carbons (Fsp3) is 0.846. The first kappa shape index (κ1) is 15.1. The molecule has 0 radical (unpaired) electrons. The molecular weight excluding hydrogens is 204 g/mol. The standard InChI is InChI=1S/C13H24O3/c1-11(2,3)8-13(7,10(15)16)9(14)12(4,5)6/h8H2,1-7H3,(H,15,16). The number of carbonyl (C=O) groups is 2. The molecule has 0 fully saturated rings. The summed E-state index contributed by atoms with van der Waals surface area (Å²) in [5.41, 5.74) is -2.11. The number of carboxylic acid groups (broad SMARTS) is 1. The zero-order valence-electron chi connectivity index (χ0n) is 11.5. The fourth-order valence-electron chi connectivity index (χ4n) is 2.14. The highest BCUT2D eigenvalue weighted by atomic mass is 16.4. The third-order valence-corrected chi connectivity index (χ3v) is 2.54. The third-order valence-electron chi connectivity index (χ3n) is 2.54. The van der Waals surface area contributed by atoms with E-state index < -0.39 is 16.8 Å². The quantitative estimate of drug-likeness (QED) is 0.755. The van der Waals surface area contributed by atoms with Gasteiger partial charge in [-0.25, -0.2) is 0 Å². The lowest BCUT2D eigenvalue weighted by Crippen LogP contribution is -2.45. The van der Waals surface area contributed by atoms with Gasteiger partial charge in [-0.05, 0) is 18.8 Å². The van der Waals surface area contributed by atoms with Crippen LogP contribution in [-0.4, -0.2) is 16.9 Å². The van der Waals surface area contributed by atoms with Crippen LogP contribution in [0.5, 0.6) is 0 Å². The number of carbonyl (C=O) groups excluding carboxylic acids is 1. The number of Topliss-reactive ketones (excluding diaryl/α,β-unsaturated/α-hetero) is 1. The van der Waals surface area contributed by atoms with Crippen LogP contribution < -0.4 is 0 Å². The van der Waals surface area contributed by atoms with Gasteiger partial charge >= 0.3 is 5.97 Å². The Morgan fingerprint density at radius 1 is 0.938 bits per heavy atom. The summed E-state index contributed by atoms with van der Waals surface area (Å²) in [6, 6.07) is 0. The minimum Gasteiger partial charge on any atom is -0.481 e. The van der Waals surface area contributed by atoms with Crippen molar-refractivity contribution >= 4 is 11.8 Å². The van der Waals surface area contributed by atoms with Crippen LogP contribution in [0.3, 0.4) is 0 Å². The van der Waals surface area contributed by atoms with E-state index in [9.17, 15) is 14.7 Å². The molecule has 0 heterocycles. The Morgan fingerprint density at radius 3 is 1.50 bits per heavy atom.